The quantitative estimate of drug-likeness (QED) is 0.898. The molecule has 1 rings (SSSR count). The van der Waals surface area contributed by atoms with Gasteiger partial charge in [0, 0.05) is 18.6 Å². The molecule has 0 aliphatic rings. The maximum absolute atomic E-state index is 12.1. The summed E-state index contributed by atoms with van der Waals surface area (Å²) >= 11 is 5.90. The van der Waals surface area contributed by atoms with Crippen LogP contribution < -0.4 is 5.32 Å². The summed E-state index contributed by atoms with van der Waals surface area (Å²) in [6.45, 7) is 5.65. The zero-order valence-corrected chi connectivity index (χ0v) is 13.4. The molecule has 0 aliphatic heterocycles. The molecule has 5 nitrogen and oxygen atoms in total. The molecular weight excluding hydrogens is 292 g/mol. The Kier molecular flexibility index (Phi) is 5.61. The van der Waals surface area contributed by atoms with E-state index in [4.69, 9.17) is 11.6 Å². The Balaban J connectivity index is 2.72. The molecule has 21 heavy (non-hydrogen) atoms. The lowest BCUT2D eigenvalue weighted by molar-refractivity contribution is -0.142. The third kappa shape index (κ3) is 5.27. The van der Waals surface area contributed by atoms with E-state index in [1.165, 1.54) is 4.90 Å². The number of nitrogens with zero attached hydrogens (tertiary/aromatic N) is 1. The van der Waals surface area contributed by atoms with Crippen molar-refractivity contribution in [2.75, 3.05) is 7.05 Å². The molecule has 1 aromatic carbocycles. The van der Waals surface area contributed by atoms with Crippen molar-refractivity contribution >= 4 is 23.6 Å². The van der Waals surface area contributed by atoms with Crippen LogP contribution in [-0.2, 0) is 11.3 Å². The van der Waals surface area contributed by atoms with Gasteiger partial charge in [0.05, 0.1) is 0 Å². The smallest absolute Gasteiger partial charge is 0.326 e. The first-order chi connectivity index (χ1) is 9.61. The summed E-state index contributed by atoms with van der Waals surface area (Å²) in [5, 5.41) is 12.4. The van der Waals surface area contributed by atoms with Crippen LogP contribution in [0.25, 0.3) is 0 Å². The van der Waals surface area contributed by atoms with Crippen LogP contribution in [0.1, 0.15) is 26.3 Å². The van der Waals surface area contributed by atoms with Gasteiger partial charge in [-0.3, -0.25) is 0 Å². The molecule has 0 aliphatic carbocycles. The second kappa shape index (κ2) is 6.80. The van der Waals surface area contributed by atoms with E-state index in [1.54, 1.807) is 46.0 Å². The van der Waals surface area contributed by atoms with E-state index in [9.17, 15) is 14.7 Å². The minimum Gasteiger partial charge on any atom is -0.480 e. The lowest BCUT2D eigenvalue weighted by atomic mass is 9.87. The van der Waals surface area contributed by atoms with E-state index < -0.39 is 23.5 Å². The van der Waals surface area contributed by atoms with Crippen molar-refractivity contribution in [1.82, 2.24) is 10.2 Å². The number of nitrogens with one attached hydrogen (secondary N) is 1. The molecule has 2 amide bonds. The van der Waals surface area contributed by atoms with Gasteiger partial charge in [0.25, 0.3) is 0 Å². The van der Waals surface area contributed by atoms with E-state index in [0.717, 1.165) is 5.56 Å². The van der Waals surface area contributed by atoms with Crippen molar-refractivity contribution in [3.63, 3.8) is 0 Å². The molecule has 2 N–H and O–H groups in total. The standard InChI is InChI=1S/C15H21ClN2O3/c1-15(2,3)12(13(19)20)17-14(21)18(4)9-10-6-5-7-11(16)8-10/h5-8,12H,9H2,1-4H3,(H,17,21)(H,19,20). The Morgan fingerprint density at radius 2 is 2.00 bits per heavy atom. The van der Waals surface area contributed by atoms with Crippen LogP contribution in [0, 0.1) is 5.41 Å². The first-order valence-corrected chi connectivity index (χ1v) is 6.98. The fourth-order valence-electron chi connectivity index (χ4n) is 1.86. The monoisotopic (exact) mass is 312 g/mol. The number of hydrogen-bond donors (Lipinski definition) is 2. The third-order valence-corrected chi connectivity index (χ3v) is 3.27. The van der Waals surface area contributed by atoms with Crippen molar-refractivity contribution in [1.29, 1.82) is 0 Å². The molecule has 0 fully saturated rings. The summed E-state index contributed by atoms with van der Waals surface area (Å²) in [6.07, 6.45) is 0. The van der Waals surface area contributed by atoms with E-state index in [1.807, 2.05) is 6.07 Å². The molecule has 0 saturated heterocycles. The number of halogens is 1. The Morgan fingerprint density at radius 3 is 2.48 bits per heavy atom. The average Bonchev–Trinajstić information content (AvgIpc) is 2.33. The summed E-state index contributed by atoms with van der Waals surface area (Å²) in [6, 6.07) is 5.80. The highest BCUT2D eigenvalue weighted by atomic mass is 35.5. The third-order valence-electron chi connectivity index (χ3n) is 3.04. The van der Waals surface area contributed by atoms with Crippen LogP contribution in [-0.4, -0.2) is 35.1 Å². The summed E-state index contributed by atoms with van der Waals surface area (Å²) < 4.78 is 0. The Labute approximate surface area is 129 Å². The fourth-order valence-corrected chi connectivity index (χ4v) is 2.08. The van der Waals surface area contributed by atoms with Gasteiger partial charge in [0.1, 0.15) is 6.04 Å². The van der Waals surface area contributed by atoms with E-state index in [2.05, 4.69) is 5.32 Å². The topological polar surface area (TPSA) is 69.6 Å². The van der Waals surface area contributed by atoms with Crippen LogP contribution in [0.2, 0.25) is 5.02 Å². The Hall–Kier alpha value is -1.75. The average molecular weight is 313 g/mol. The van der Waals surface area contributed by atoms with E-state index in [-0.39, 0.29) is 0 Å². The van der Waals surface area contributed by atoms with Crippen molar-refractivity contribution in [2.24, 2.45) is 5.41 Å². The zero-order chi connectivity index (χ0) is 16.2. The number of urea groups is 1. The van der Waals surface area contributed by atoms with E-state index >= 15 is 0 Å². The number of aliphatic carboxylic acids is 1. The molecular formula is C15H21ClN2O3. The van der Waals surface area contributed by atoms with Crippen molar-refractivity contribution in [3.8, 4) is 0 Å². The molecule has 1 atom stereocenters. The molecule has 1 aromatic rings. The minimum absolute atomic E-state index is 0.350. The predicted molar refractivity (Wildman–Crippen MR) is 82.3 cm³/mol. The summed E-state index contributed by atoms with van der Waals surface area (Å²) in [5.74, 6) is -1.05. The van der Waals surface area contributed by atoms with Crippen molar-refractivity contribution < 1.29 is 14.7 Å². The molecule has 6 heteroatoms. The largest absolute Gasteiger partial charge is 0.480 e. The lowest BCUT2D eigenvalue weighted by Gasteiger charge is -2.29. The van der Waals surface area contributed by atoms with Gasteiger partial charge in [0.2, 0.25) is 0 Å². The predicted octanol–water partition coefficient (Wildman–Crippen LogP) is 2.98. The van der Waals surface area contributed by atoms with E-state index in [0.29, 0.717) is 11.6 Å². The molecule has 0 aromatic heterocycles. The van der Waals surface area contributed by atoms with Gasteiger partial charge in [-0.15, -0.1) is 0 Å². The lowest BCUT2D eigenvalue weighted by Crippen LogP contribution is -2.52. The van der Waals surface area contributed by atoms with Gasteiger partial charge in [-0.05, 0) is 23.1 Å². The molecule has 0 saturated carbocycles. The minimum atomic E-state index is -1.05. The number of hydrogen-bond acceptors (Lipinski definition) is 2. The van der Waals surface area contributed by atoms with Crippen LogP contribution in [0.4, 0.5) is 4.79 Å². The van der Waals surface area contributed by atoms with Gasteiger partial charge in [-0.25, -0.2) is 9.59 Å². The highest BCUT2D eigenvalue weighted by molar-refractivity contribution is 6.30. The second-order valence-electron chi connectivity index (χ2n) is 6.07. The van der Waals surface area contributed by atoms with Crippen molar-refractivity contribution in [2.45, 2.75) is 33.4 Å². The van der Waals surface area contributed by atoms with Crippen LogP contribution in [0.3, 0.4) is 0 Å². The molecule has 0 heterocycles. The van der Waals surface area contributed by atoms with Crippen LogP contribution in [0.5, 0.6) is 0 Å². The highest BCUT2D eigenvalue weighted by Crippen LogP contribution is 2.20. The normalized spacial score (nSPS) is 12.6. The van der Waals surface area contributed by atoms with Crippen LogP contribution >= 0.6 is 11.6 Å². The van der Waals surface area contributed by atoms with Crippen molar-refractivity contribution in [3.05, 3.63) is 34.9 Å². The van der Waals surface area contributed by atoms with Gasteiger partial charge < -0.3 is 15.3 Å². The number of benzene rings is 1. The maximum Gasteiger partial charge on any atom is 0.326 e. The molecule has 0 spiro atoms. The summed E-state index contributed by atoms with van der Waals surface area (Å²) in [5.41, 5.74) is 0.307. The first-order valence-electron chi connectivity index (χ1n) is 6.60. The van der Waals surface area contributed by atoms with Gasteiger partial charge in [-0.2, -0.15) is 0 Å². The van der Waals surface area contributed by atoms with Gasteiger partial charge in [0.15, 0.2) is 0 Å². The van der Waals surface area contributed by atoms with Crippen LogP contribution in [0.15, 0.2) is 24.3 Å². The molecule has 116 valence electrons. The Bertz CT molecular complexity index is 526. The second-order valence-corrected chi connectivity index (χ2v) is 6.51. The maximum atomic E-state index is 12.1. The number of rotatable bonds is 4. The van der Waals surface area contributed by atoms with Gasteiger partial charge in [-0.1, -0.05) is 44.5 Å². The van der Waals surface area contributed by atoms with Gasteiger partial charge >= 0.3 is 12.0 Å². The first kappa shape index (κ1) is 17.3. The number of carboxylic acid groups (broad SMARTS) is 1. The SMILES string of the molecule is CN(Cc1cccc(Cl)c1)C(=O)NC(C(=O)O)C(C)(C)C. The fraction of sp³-hybridized carbons (Fsp3) is 0.467. The molecule has 1 unspecified atom stereocenters. The molecule has 0 radical (unpaired) electrons. The highest BCUT2D eigenvalue weighted by Gasteiger charge is 2.33. The summed E-state index contributed by atoms with van der Waals surface area (Å²) in [7, 11) is 1.61. The number of carbonyl (C=O) groups is 2. The number of carbonyl (C=O) groups excluding carboxylic acids is 1. The Morgan fingerprint density at radius 1 is 1.38 bits per heavy atom. The molecule has 0 bridgehead atoms. The number of carboxylic acids is 1. The zero-order valence-electron chi connectivity index (χ0n) is 12.7. The summed E-state index contributed by atoms with van der Waals surface area (Å²) in [4.78, 5) is 24.8. The number of amides is 2.